The molecule has 0 saturated heterocycles. The van der Waals surface area contributed by atoms with Crippen LogP contribution in [0.25, 0.3) is 0 Å². The van der Waals surface area contributed by atoms with E-state index in [0.717, 1.165) is 5.56 Å². The maximum absolute atomic E-state index is 5.00. The molecule has 0 spiro atoms. The lowest BCUT2D eigenvalue weighted by Crippen LogP contribution is -1.68. The molecule has 0 saturated carbocycles. The van der Waals surface area contributed by atoms with E-state index in [4.69, 9.17) is 6.42 Å². The van der Waals surface area contributed by atoms with Crippen LogP contribution in [-0.2, 0) is 0 Å². The van der Waals surface area contributed by atoms with Crippen LogP contribution >= 0.6 is 0 Å². The van der Waals surface area contributed by atoms with Gasteiger partial charge in [0, 0.05) is 5.56 Å². The molecule has 0 nitrogen and oxygen atoms in total. The summed E-state index contributed by atoms with van der Waals surface area (Å²) in [7, 11) is 0. The SMILES string of the molecule is C#C/C=C/C#Cc1ccccc1. The largest absolute Gasteiger partial charge is 0.115 e. The van der Waals surface area contributed by atoms with Gasteiger partial charge in [-0.05, 0) is 24.3 Å². The van der Waals surface area contributed by atoms with Crippen LogP contribution in [0.4, 0.5) is 0 Å². The normalized spacial score (nSPS) is 8.58. The van der Waals surface area contributed by atoms with Crippen molar-refractivity contribution < 1.29 is 0 Å². The van der Waals surface area contributed by atoms with Crippen molar-refractivity contribution in [3.63, 3.8) is 0 Å². The molecule has 0 radical (unpaired) electrons. The molecule has 0 N–H and O–H groups in total. The number of benzene rings is 1. The Labute approximate surface area is 72.9 Å². The van der Waals surface area contributed by atoms with Crippen LogP contribution in [0.5, 0.6) is 0 Å². The van der Waals surface area contributed by atoms with E-state index in [9.17, 15) is 0 Å². The standard InChI is InChI=1S/C12H8/c1-2-3-4-6-9-12-10-7-5-8-11-12/h1,3-5,7-8,10-11H/b4-3+. The minimum atomic E-state index is 0.999. The quantitative estimate of drug-likeness (QED) is 0.500. The number of hydrogen-bond donors (Lipinski definition) is 0. The third-order valence-electron chi connectivity index (χ3n) is 1.25. The maximum atomic E-state index is 5.00. The van der Waals surface area contributed by atoms with Gasteiger partial charge in [0.05, 0.1) is 0 Å². The first-order valence-electron chi connectivity index (χ1n) is 3.61. The molecule has 0 fully saturated rings. The lowest BCUT2D eigenvalue weighted by Gasteiger charge is -1.83. The van der Waals surface area contributed by atoms with E-state index in [1.54, 1.807) is 12.2 Å². The second-order valence-corrected chi connectivity index (χ2v) is 2.14. The van der Waals surface area contributed by atoms with Gasteiger partial charge in [-0.25, -0.2) is 0 Å². The van der Waals surface area contributed by atoms with E-state index in [1.807, 2.05) is 30.3 Å². The van der Waals surface area contributed by atoms with Crippen LogP contribution in [0.2, 0.25) is 0 Å². The van der Waals surface area contributed by atoms with E-state index in [-0.39, 0.29) is 0 Å². The molecule has 56 valence electrons. The molecule has 12 heavy (non-hydrogen) atoms. The molecule has 0 unspecified atom stereocenters. The fourth-order valence-electron chi connectivity index (χ4n) is 0.736. The van der Waals surface area contributed by atoms with Crippen molar-refractivity contribution in [1.82, 2.24) is 0 Å². The van der Waals surface area contributed by atoms with Crippen molar-refractivity contribution in [2.75, 3.05) is 0 Å². The summed E-state index contributed by atoms with van der Waals surface area (Å²) < 4.78 is 0. The Morgan fingerprint density at radius 2 is 1.83 bits per heavy atom. The van der Waals surface area contributed by atoms with Crippen LogP contribution in [0.3, 0.4) is 0 Å². The molecule has 1 aromatic carbocycles. The van der Waals surface area contributed by atoms with Crippen molar-refractivity contribution in [3.8, 4) is 24.2 Å². The fraction of sp³-hybridized carbons (Fsp3) is 0. The zero-order valence-electron chi connectivity index (χ0n) is 6.62. The minimum absolute atomic E-state index is 0.999. The zero-order chi connectivity index (χ0) is 8.65. The highest BCUT2D eigenvalue weighted by Crippen LogP contribution is 1.94. The predicted molar refractivity (Wildman–Crippen MR) is 51.3 cm³/mol. The molecule has 0 aliphatic carbocycles. The third kappa shape index (κ3) is 2.78. The molecule has 1 rings (SSSR count). The lowest BCUT2D eigenvalue weighted by molar-refractivity contribution is 1.65. The van der Waals surface area contributed by atoms with Gasteiger partial charge in [-0.15, -0.1) is 6.42 Å². The van der Waals surface area contributed by atoms with Gasteiger partial charge in [0.15, 0.2) is 0 Å². The third-order valence-corrected chi connectivity index (χ3v) is 1.25. The number of hydrogen-bond acceptors (Lipinski definition) is 0. The topological polar surface area (TPSA) is 0 Å². The van der Waals surface area contributed by atoms with Crippen molar-refractivity contribution in [1.29, 1.82) is 0 Å². The summed E-state index contributed by atoms with van der Waals surface area (Å²) in [6.07, 6.45) is 8.24. The Balaban J connectivity index is 2.69. The molecule has 0 aliphatic heterocycles. The number of terminal acetylenes is 1. The molecule has 0 bridgehead atoms. The van der Waals surface area contributed by atoms with Crippen molar-refractivity contribution in [2.24, 2.45) is 0 Å². The first-order valence-corrected chi connectivity index (χ1v) is 3.61. The first-order chi connectivity index (χ1) is 5.93. The highest BCUT2D eigenvalue weighted by Gasteiger charge is 1.78. The van der Waals surface area contributed by atoms with Gasteiger partial charge in [0.1, 0.15) is 0 Å². The Bertz CT molecular complexity index is 353. The van der Waals surface area contributed by atoms with Gasteiger partial charge >= 0.3 is 0 Å². The summed E-state index contributed by atoms with van der Waals surface area (Å²) in [6, 6.07) is 9.78. The van der Waals surface area contributed by atoms with Gasteiger partial charge in [-0.3, -0.25) is 0 Å². The zero-order valence-corrected chi connectivity index (χ0v) is 6.62. The van der Waals surface area contributed by atoms with Crippen LogP contribution in [0.1, 0.15) is 5.56 Å². The van der Waals surface area contributed by atoms with Crippen LogP contribution in [-0.4, -0.2) is 0 Å². The second kappa shape index (κ2) is 4.83. The number of rotatable bonds is 0. The molecule has 0 heterocycles. The molecule has 0 aromatic heterocycles. The highest BCUT2D eigenvalue weighted by molar-refractivity contribution is 5.37. The monoisotopic (exact) mass is 152 g/mol. The molecule has 1 aromatic rings. The Hall–Kier alpha value is -1.92. The molecule has 0 atom stereocenters. The van der Waals surface area contributed by atoms with Gasteiger partial charge < -0.3 is 0 Å². The average molecular weight is 152 g/mol. The Morgan fingerprint density at radius 3 is 2.50 bits per heavy atom. The summed E-state index contributed by atoms with van der Waals surface area (Å²) in [5.41, 5.74) is 0.999. The molecular weight excluding hydrogens is 144 g/mol. The van der Waals surface area contributed by atoms with Gasteiger partial charge in [0.25, 0.3) is 0 Å². The van der Waals surface area contributed by atoms with E-state index in [2.05, 4.69) is 17.8 Å². The predicted octanol–water partition coefficient (Wildman–Crippen LogP) is 2.23. The summed E-state index contributed by atoms with van der Waals surface area (Å²) in [6.45, 7) is 0. The molecule has 0 aliphatic rings. The maximum Gasteiger partial charge on any atom is 0.0248 e. The molecule has 0 amide bonds. The van der Waals surface area contributed by atoms with Crippen molar-refractivity contribution in [2.45, 2.75) is 0 Å². The van der Waals surface area contributed by atoms with Gasteiger partial charge in [0.2, 0.25) is 0 Å². The van der Waals surface area contributed by atoms with Gasteiger partial charge in [-0.1, -0.05) is 36.0 Å². The Morgan fingerprint density at radius 1 is 1.08 bits per heavy atom. The average Bonchev–Trinajstić information content (AvgIpc) is 2.14. The van der Waals surface area contributed by atoms with E-state index < -0.39 is 0 Å². The van der Waals surface area contributed by atoms with Crippen LogP contribution in [0.15, 0.2) is 42.5 Å². The van der Waals surface area contributed by atoms with E-state index >= 15 is 0 Å². The second-order valence-electron chi connectivity index (χ2n) is 2.14. The fourth-order valence-corrected chi connectivity index (χ4v) is 0.736. The molecular formula is C12H8. The first kappa shape index (κ1) is 8.18. The molecule has 0 heteroatoms. The number of allylic oxidation sites excluding steroid dienone is 2. The Kier molecular flexibility index (Phi) is 3.29. The van der Waals surface area contributed by atoms with Crippen LogP contribution < -0.4 is 0 Å². The summed E-state index contributed by atoms with van der Waals surface area (Å²) in [4.78, 5) is 0. The van der Waals surface area contributed by atoms with Crippen LogP contribution in [0, 0.1) is 24.2 Å². The van der Waals surface area contributed by atoms with E-state index in [0.29, 0.717) is 0 Å². The van der Waals surface area contributed by atoms with Crippen molar-refractivity contribution >= 4 is 0 Å². The smallest absolute Gasteiger partial charge is 0.0248 e. The summed E-state index contributed by atoms with van der Waals surface area (Å²) in [5.74, 6) is 8.15. The summed E-state index contributed by atoms with van der Waals surface area (Å²) in [5, 5.41) is 0. The van der Waals surface area contributed by atoms with Gasteiger partial charge in [-0.2, -0.15) is 0 Å². The highest BCUT2D eigenvalue weighted by atomic mass is 13.8. The summed E-state index contributed by atoms with van der Waals surface area (Å²) >= 11 is 0. The van der Waals surface area contributed by atoms with Crippen molar-refractivity contribution in [3.05, 3.63) is 48.0 Å². The van der Waals surface area contributed by atoms with E-state index in [1.165, 1.54) is 0 Å². The minimum Gasteiger partial charge on any atom is -0.115 e. The lowest BCUT2D eigenvalue weighted by atomic mass is 10.2.